The summed E-state index contributed by atoms with van der Waals surface area (Å²) in [5.41, 5.74) is 3.12. The summed E-state index contributed by atoms with van der Waals surface area (Å²) in [6.07, 6.45) is 0.559. The van der Waals surface area contributed by atoms with Gasteiger partial charge in [-0.25, -0.2) is 4.79 Å². The van der Waals surface area contributed by atoms with Crippen molar-refractivity contribution in [1.82, 2.24) is 9.88 Å². The smallest absolute Gasteiger partial charge is 0.419 e. The SMILES string of the molecule is O=C(COC(=O)CCn1c(=O)oc2ccccc21)NC(Cc1ccccc1)c1ccccc1. The molecule has 33 heavy (non-hydrogen) atoms. The second-order valence-electron chi connectivity index (χ2n) is 7.62. The first-order valence-electron chi connectivity index (χ1n) is 10.7. The lowest BCUT2D eigenvalue weighted by Crippen LogP contribution is -2.33. The number of esters is 1. The lowest BCUT2D eigenvalue weighted by atomic mass is 9.99. The highest BCUT2D eigenvalue weighted by molar-refractivity contribution is 5.81. The first-order chi connectivity index (χ1) is 16.1. The third-order valence-corrected chi connectivity index (χ3v) is 5.30. The number of hydrogen-bond donors (Lipinski definition) is 1. The van der Waals surface area contributed by atoms with Crippen LogP contribution in [-0.2, 0) is 27.3 Å². The topological polar surface area (TPSA) is 90.5 Å². The summed E-state index contributed by atoms with van der Waals surface area (Å²) in [5, 5.41) is 2.95. The molecule has 0 aliphatic rings. The molecule has 0 radical (unpaired) electrons. The number of carbonyl (C=O) groups is 2. The fourth-order valence-electron chi connectivity index (χ4n) is 3.67. The van der Waals surface area contributed by atoms with Crippen molar-refractivity contribution in [1.29, 1.82) is 0 Å². The Morgan fingerprint density at radius 3 is 2.33 bits per heavy atom. The molecule has 4 aromatic rings. The van der Waals surface area contributed by atoms with Gasteiger partial charge in [-0.15, -0.1) is 0 Å². The van der Waals surface area contributed by atoms with E-state index >= 15 is 0 Å². The average molecular weight is 444 g/mol. The van der Waals surface area contributed by atoms with Gasteiger partial charge in [0.25, 0.3) is 5.91 Å². The summed E-state index contributed by atoms with van der Waals surface area (Å²) >= 11 is 0. The van der Waals surface area contributed by atoms with Gasteiger partial charge in [0.15, 0.2) is 12.2 Å². The van der Waals surface area contributed by atoms with E-state index in [1.165, 1.54) is 4.57 Å². The van der Waals surface area contributed by atoms with Crippen molar-refractivity contribution in [2.24, 2.45) is 0 Å². The number of nitrogens with zero attached hydrogens (tertiary/aromatic N) is 1. The van der Waals surface area contributed by atoms with E-state index in [9.17, 15) is 14.4 Å². The van der Waals surface area contributed by atoms with Gasteiger partial charge in [-0.2, -0.15) is 0 Å². The van der Waals surface area contributed by atoms with Crippen LogP contribution in [0.3, 0.4) is 0 Å². The summed E-state index contributed by atoms with van der Waals surface area (Å²) < 4.78 is 11.7. The molecule has 0 saturated heterocycles. The number of hydrogen-bond acceptors (Lipinski definition) is 5. The Morgan fingerprint density at radius 2 is 1.58 bits per heavy atom. The standard InChI is InChI=1S/C26H24N2O5/c29-24(27-21(20-11-5-2-6-12-20)17-19-9-3-1-4-10-19)18-32-25(30)15-16-28-22-13-7-8-14-23(22)33-26(28)31/h1-14,21H,15-18H2,(H,27,29). The fraction of sp³-hybridized carbons (Fsp3) is 0.192. The molecule has 0 bridgehead atoms. The molecule has 7 nitrogen and oxygen atoms in total. The highest BCUT2D eigenvalue weighted by Crippen LogP contribution is 2.18. The van der Waals surface area contributed by atoms with Crippen LogP contribution in [-0.4, -0.2) is 23.1 Å². The van der Waals surface area contributed by atoms with Gasteiger partial charge in [0.05, 0.1) is 18.0 Å². The third-order valence-electron chi connectivity index (χ3n) is 5.30. The molecule has 3 aromatic carbocycles. The van der Waals surface area contributed by atoms with Gasteiger partial charge in [0.2, 0.25) is 0 Å². The minimum atomic E-state index is -0.568. The molecule has 168 valence electrons. The number of aromatic nitrogens is 1. The Kier molecular flexibility index (Phi) is 6.99. The number of fused-ring (bicyclic) bond motifs is 1. The van der Waals surface area contributed by atoms with E-state index < -0.39 is 18.3 Å². The summed E-state index contributed by atoms with van der Waals surface area (Å²) in [6, 6.07) is 26.2. The number of nitrogens with one attached hydrogen (secondary N) is 1. The molecule has 7 heteroatoms. The van der Waals surface area contributed by atoms with Gasteiger partial charge < -0.3 is 14.5 Å². The molecule has 1 aromatic heterocycles. The van der Waals surface area contributed by atoms with Gasteiger partial charge in [0, 0.05) is 6.54 Å². The van der Waals surface area contributed by atoms with Crippen molar-refractivity contribution in [3.05, 3.63) is 107 Å². The van der Waals surface area contributed by atoms with E-state index in [2.05, 4.69) is 5.32 Å². The molecule has 1 heterocycles. The van der Waals surface area contributed by atoms with E-state index in [0.29, 0.717) is 17.5 Å². The van der Waals surface area contributed by atoms with Crippen molar-refractivity contribution in [2.75, 3.05) is 6.61 Å². The van der Waals surface area contributed by atoms with E-state index in [-0.39, 0.29) is 24.9 Å². The first kappa shape index (κ1) is 22.1. The van der Waals surface area contributed by atoms with Crippen LogP contribution in [0.15, 0.2) is 94.1 Å². The van der Waals surface area contributed by atoms with Gasteiger partial charge >= 0.3 is 11.7 Å². The zero-order valence-electron chi connectivity index (χ0n) is 18.0. The van der Waals surface area contributed by atoms with Crippen LogP contribution < -0.4 is 11.1 Å². The largest absolute Gasteiger partial charge is 0.456 e. The monoisotopic (exact) mass is 444 g/mol. The second kappa shape index (κ2) is 10.5. The maximum Gasteiger partial charge on any atom is 0.419 e. The lowest BCUT2D eigenvalue weighted by molar-refractivity contribution is -0.149. The molecule has 1 atom stereocenters. The molecule has 0 saturated carbocycles. The highest BCUT2D eigenvalue weighted by atomic mass is 16.5. The molecule has 1 unspecified atom stereocenters. The second-order valence-corrected chi connectivity index (χ2v) is 7.62. The molecule has 1 amide bonds. The minimum Gasteiger partial charge on any atom is -0.456 e. The van der Waals surface area contributed by atoms with E-state index in [1.807, 2.05) is 60.7 Å². The van der Waals surface area contributed by atoms with Crippen molar-refractivity contribution in [3.63, 3.8) is 0 Å². The highest BCUT2D eigenvalue weighted by Gasteiger charge is 2.17. The third kappa shape index (κ3) is 5.77. The number of oxazole rings is 1. The van der Waals surface area contributed by atoms with Crippen LogP contribution >= 0.6 is 0 Å². The van der Waals surface area contributed by atoms with Crippen molar-refractivity contribution in [3.8, 4) is 0 Å². The average Bonchev–Trinajstić information content (AvgIpc) is 3.17. The number of para-hydroxylation sites is 2. The van der Waals surface area contributed by atoms with E-state index in [4.69, 9.17) is 9.15 Å². The number of aryl methyl sites for hydroxylation is 1. The summed E-state index contributed by atoms with van der Waals surface area (Å²) in [7, 11) is 0. The summed E-state index contributed by atoms with van der Waals surface area (Å²) in [6.45, 7) is -0.283. The Balaban J connectivity index is 1.32. The molecule has 1 N–H and O–H groups in total. The van der Waals surface area contributed by atoms with Crippen molar-refractivity contribution >= 4 is 23.0 Å². The maximum absolute atomic E-state index is 12.5. The van der Waals surface area contributed by atoms with E-state index in [1.54, 1.807) is 24.3 Å². The molecule has 0 aliphatic carbocycles. The van der Waals surface area contributed by atoms with Crippen molar-refractivity contribution < 1.29 is 18.7 Å². The minimum absolute atomic E-state index is 0.0527. The number of amides is 1. The molecular formula is C26H24N2O5. The Bertz CT molecular complexity index is 1280. The predicted octanol–water partition coefficient (Wildman–Crippen LogP) is 3.63. The van der Waals surface area contributed by atoms with Crippen LogP contribution in [0.2, 0.25) is 0 Å². The summed E-state index contributed by atoms with van der Waals surface area (Å²) in [5.74, 6) is -1.49. The number of ether oxygens (including phenoxy) is 1. The normalized spacial score (nSPS) is 11.8. The van der Waals surface area contributed by atoms with Crippen LogP contribution in [0.5, 0.6) is 0 Å². The lowest BCUT2D eigenvalue weighted by Gasteiger charge is -2.19. The molecule has 0 spiro atoms. The molecule has 0 aliphatic heterocycles. The van der Waals surface area contributed by atoms with Crippen LogP contribution in [0.4, 0.5) is 0 Å². The number of benzene rings is 3. The summed E-state index contributed by atoms with van der Waals surface area (Å²) in [4.78, 5) is 36.7. The van der Waals surface area contributed by atoms with Gasteiger partial charge in [0.1, 0.15) is 0 Å². The van der Waals surface area contributed by atoms with Gasteiger partial charge in [-0.1, -0.05) is 72.8 Å². The molecule has 4 rings (SSSR count). The zero-order chi connectivity index (χ0) is 23.0. The molecule has 0 fully saturated rings. The predicted molar refractivity (Wildman–Crippen MR) is 124 cm³/mol. The number of carbonyl (C=O) groups excluding carboxylic acids is 2. The molecular weight excluding hydrogens is 420 g/mol. The van der Waals surface area contributed by atoms with Crippen LogP contribution in [0, 0.1) is 0 Å². The maximum atomic E-state index is 12.5. The van der Waals surface area contributed by atoms with Gasteiger partial charge in [-0.3, -0.25) is 14.2 Å². The quantitative estimate of drug-likeness (QED) is 0.398. The fourth-order valence-corrected chi connectivity index (χ4v) is 3.67. The van der Waals surface area contributed by atoms with Crippen LogP contribution in [0.1, 0.15) is 23.6 Å². The Morgan fingerprint density at radius 1 is 0.909 bits per heavy atom. The Labute approximate surface area is 190 Å². The van der Waals surface area contributed by atoms with Crippen molar-refractivity contribution in [2.45, 2.75) is 25.4 Å². The first-order valence-corrected chi connectivity index (χ1v) is 10.7. The zero-order valence-corrected chi connectivity index (χ0v) is 18.0. The Hall–Kier alpha value is -4.13. The van der Waals surface area contributed by atoms with Gasteiger partial charge in [-0.05, 0) is 29.7 Å². The van der Waals surface area contributed by atoms with Crippen LogP contribution in [0.25, 0.3) is 11.1 Å². The van der Waals surface area contributed by atoms with E-state index in [0.717, 1.165) is 11.1 Å². The number of rotatable bonds is 9.